The first-order valence-corrected chi connectivity index (χ1v) is 11.7. The number of nitrogens with zero attached hydrogens (tertiary/aromatic N) is 2. The highest BCUT2D eigenvalue weighted by Crippen LogP contribution is 2.45. The van der Waals surface area contributed by atoms with Gasteiger partial charge in [0, 0.05) is 5.56 Å². The molecule has 8 heteroatoms. The lowest BCUT2D eigenvalue weighted by molar-refractivity contribution is -0.132. The van der Waals surface area contributed by atoms with Gasteiger partial charge in [0.2, 0.25) is 0 Å². The molecule has 0 radical (unpaired) electrons. The van der Waals surface area contributed by atoms with Crippen molar-refractivity contribution in [3.05, 3.63) is 88.5 Å². The van der Waals surface area contributed by atoms with Gasteiger partial charge in [0.05, 0.1) is 28.9 Å². The second kappa shape index (κ2) is 8.56. The number of amides is 1. The molecule has 1 aliphatic heterocycles. The molecule has 0 aliphatic carbocycles. The fourth-order valence-electron chi connectivity index (χ4n) is 4.30. The molecule has 5 rings (SSSR count). The predicted molar refractivity (Wildman–Crippen MR) is 135 cm³/mol. The third kappa shape index (κ3) is 3.81. The molecule has 2 heterocycles. The summed E-state index contributed by atoms with van der Waals surface area (Å²) in [5, 5.41) is 21.8. The molecule has 1 aliphatic rings. The summed E-state index contributed by atoms with van der Waals surface area (Å²) in [6.07, 6.45) is 0. The molecule has 1 saturated heterocycles. The number of ether oxygens (including phenoxy) is 1. The number of hydrogen-bond donors (Lipinski definition) is 2. The van der Waals surface area contributed by atoms with Crippen LogP contribution in [0.3, 0.4) is 0 Å². The number of ketones is 1. The van der Waals surface area contributed by atoms with Crippen molar-refractivity contribution in [2.75, 3.05) is 12.0 Å². The molecule has 2 N–H and O–H groups in total. The third-order valence-corrected chi connectivity index (χ3v) is 7.09. The second-order valence-corrected chi connectivity index (χ2v) is 9.42. The molecule has 1 aromatic heterocycles. The molecule has 1 fully saturated rings. The summed E-state index contributed by atoms with van der Waals surface area (Å²) in [5.74, 6) is -1.24. The lowest BCUT2D eigenvalue weighted by Gasteiger charge is -2.23. The lowest BCUT2D eigenvalue weighted by atomic mass is 9.93. The number of benzene rings is 3. The Hall–Kier alpha value is -4.17. The number of aliphatic hydroxyl groups excluding tert-OH is 1. The van der Waals surface area contributed by atoms with Gasteiger partial charge in [-0.2, -0.15) is 0 Å². The number of methoxy groups -OCH3 is 1. The number of carbonyl (C=O) groups excluding carboxylic acids is 2. The number of aromatic nitrogens is 1. The number of phenolic OH excluding ortho intramolecular Hbond substituents is 1. The van der Waals surface area contributed by atoms with Crippen molar-refractivity contribution in [3.8, 4) is 11.5 Å². The van der Waals surface area contributed by atoms with Crippen molar-refractivity contribution in [2.24, 2.45) is 0 Å². The van der Waals surface area contributed by atoms with Crippen LogP contribution in [0.15, 0.2) is 66.2 Å². The molecule has 0 spiro atoms. The molecular weight excluding hydrogens is 464 g/mol. The van der Waals surface area contributed by atoms with Crippen LogP contribution in [0, 0.1) is 13.8 Å². The van der Waals surface area contributed by atoms with Crippen molar-refractivity contribution in [3.63, 3.8) is 0 Å². The van der Waals surface area contributed by atoms with Gasteiger partial charge < -0.3 is 14.9 Å². The number of carbonyl (C=O) groups is 2. The maximum absolute atomic E-state index is 13.4. The van der Waals surface area contributed by atoms with Gasteiger partial charge in [-0.3, -0.25) is 14.5 Å². The summed E-state index contributed by atoms with van der Waals surface area (Å²) in [6, 6.07) is 16.3. The van der Waals surface area contributed by atoms with Crippen molar-refractivity contribution in [2.45, 2.75) is 19.9 Å². The molecule has 176 valence electrons. The fourth-order valence-corrected chi connectivity index (χ4v) is 5.32. The zero-order valence-electron chi connectivity index (χ0n) is 19.3. The summed E-state index contributed by atoms with van der Waals surface area (Å²) in [7, 11) is 1.57. The highest BCUT2D eigenvalue weighted by Gasteiger charge is 2.48. The van der Waals surface area contributed by atoms with Gasteiger partial charge in [-0.05, 0) is 61.4 Å². The largest absolute Gasteiger partial charge is 0.508 e. The Kier molecular flexibility index (Phi) is 5.53. The molecule has 1 amide bonds. The number of phenols is 1. The number of thiazole rings is 1. The molecule has 1 atom stereocenters. The molecular formula is C27H22N2O5S. The van der Waals surface area contributed by atoms with Crippen LogP contribution >= 0.6 is 11.3 Å². The van der Waals surface area contributed by atoms with Crippen LogP contribution in [-0.4, -0.2) is 34.0 Å². The van der Waals surface area contributed by atoms with E-state index in [0.29, 0.717) is 27.5 Å². The number of rotatable bonds is 4. The lowest BCUT2D eigenvalue weighted by Crippen LogP contribution is -2.29. The number of Topliss-reactive ketones (excluding diaryl/α,β-unsaturated/α-hetero) is 1. The number of fused-ring (bicyclic) bond motifs is 1. The van der Waals surface area contributed by atoms with Gasteiger partial charge in [-0.15, -0.1) is 0 Å². The third-order valence-electron chi connectivity index (χ3n) is 6.07. The van der Waals surface area contributed by atoms with E-state index in [-0.39, 0.29) is 17.1 Å². The van der Waals surface area contributed by atoms with E-state index in [1.165, 1.54) is 28.4 Å². The molecule has 0 bridgehead atoms. The zero-order valence-corrected chi connectivity index (χ0v) is 20.1. The van der Waals surface area contributed by atoms with Gasteiger partial charge in [-0.25, -0.2) is 4.98 Å². The highest BCUT2D eigenvalue weighted by molar-refractivity contribution is 7.22. The first-order chi connectivity index (χ1) is 16.8. The average Bonchev–Trinajstić information content (AvgIpc) is 3.37. The Bertz CT molecular complexity index is 1540. The smallest absolute Gasteiger partial charge is 0.301 e. The minimum Gasteiger partial charge on any atom is -0.508 e. The van der Waals surface area contributed by atoms with Gasteiger partial charge in [-0.1, -0.05) is 41.2 Å². The van der Waals surface area contributed by atoms with Gasteiger partial charge in [0.1, 0.15) is 17.3 Å². The normalized spacial score (nSPS) is 17.3. The summed E-state index contributed by atoms with van der Waals surface area (Å²) < 4.78 is 6.08. The van der Waals surface area contributed by atoms with Crippen LogP contribution in [0.2, 0.25) is 0 Å². The molecule has 4 aromatic rings. The Morgan fingerprint density at radius 3 is 2.60 bits per heavy atom. The van der Waals surface area contributed by atoms with Crippen molar-refractivity contribution < 1.29 is 24.5 Å². The summed E-state index contributed by atoms with van der Waals surface area (Å²) in [4.78, 5) is 32.6. The fraction of sp³-hybridized carbons (Fsp3) is 0.148. The first kappa shape index (κ1) is 22.6. The minimum atomic E-state index is -0.968. The molecule has 3 aromatic carbocycles. The summed E-state index contributed by atoms with van der Waals surface area (Å²) in [6.45, 7) is 3.71. The minimum absolute atomic E-state index is 0.0196. The average molecular weight is 487 g/mol. The first-order valence-electron chi connectivity index (χ1n) is 10.9. The van der Waals surface area contributed by atoms with E-state index in [0.717, 1.165) is 15.8 Å². The van der Waals surface area contributed by atoms with E-state index in [2.05, 4.69) is 4.98 Å². The van der Waals surface area contributed by atoms with Crippen LogP contribution in [0.1, 0.15) is 28.3 Å². The van der Waals surface area contributed by atoms with Crippen molar-refractivity contribution >= 4 is 44.1 Å². The van der Waals surface area contributed by atoms with Crippen LogP contribution in [0.4, 0.5) is 5.13 Å². The summed E-state index contributed by atoms with van der Waals surface area (Å²) in [5.41, 5.74) is 3.22. The number of aryl methyl sites for hydroxylation is 2. The maximum atomic E-state index is 13.4. The summed E-state index contributed by atoms with van der Waals surface area (Å²) >= 11 is 1.24. The topological polar surface area (TPSA) is 100.0 Å². The van der Waals surface area contributed by atoms with Crippen LogP contribution < -0.4 is 9.64 Å². The van der Waals surface area contributed by atoms with Gasteiger partial charge >= 0.3 is 5.91 Å². The van der Waals surface area contributed by atoms with Crippen LogP contribution in [-0.2, 0) is 9.59 Å². The van der Waals surface area contributed by atoms with Crippen molar-refractivity contribution in [1.29, 1.82) is 0 Å². The van der Waals surface area contributed by atoms with E-state index in [9.17, 15) is 19.8 Å². The van der Waals surface area contributed by atoms with E-state index >= 15 is 0 Å². The molecule has 35 heavy (non-hydrogen) atoms. The monoisotopic (exact) mass is 486 g/mol. The number of hydrogen-bond acceptors (Lipinski definition) is 7. The molecule has 1 unspecified atom stereocenters. The Morgan fingerprint density at radius 2 is 1.86 bits per heavy atom. The molecule has 0 saturated carbocycles. The SMILES string of the molecule is COc1ccc2nc(N3C(=O)C(=O)/C(=C(/O)c4cc(C)ccc4C)C3c3cccc(O)c3)sc2c1. The molecule has 7 nitrogen and oxygen atoms in total. The number of anilines is 1. The Labute approximate surface area is 205 Å². The van der Waals surface area contributed by atoms with E-state index in [1.54, 1.807) is 37.4 Å². The number of aliphatic hydroxyl groups is 1. The maximum Gasteiger partial charge on any atom is 0.301 e. The van der Waals surface area contributed by atoms with E-state index < -0.39 is 17.7 Å². The number of aromatic hydroxyl groups is 1. The van der Waals surface area contributed by atoms with Gasteiger partial charge in [0.25, 0.3) is 5.78 Å². The van der Waals surface area contributed by atoms with Crippen molar-refractivity contribution in [1.82, 2.24) is 4.98 Å². The highest BCUT2D eigenvalue weighted by atomic mass is 32.1. The van der Waals surface area contributed by atoms with E-state index in [4.69, 9.17) is 4.74 Å². The predicted octanol–water partition coefficient (Wildman–Crippen LogP) is 5.25. The quantitative estimate of drug-likeness (QED) is 0.232. The van der Waals surface area contributed by atoms with Crippen LogP contribution in [0.5, 0.6) is 11.5 Å². The Balaban J connectivity index is 1.75. The Morgan fingerprint density at radius 1 is 1.06 bits per heavy atom. The zero-order chi connectivity index (χ0) is 24.9. The van der Waals surface area contributed by atoms with Gasteiger partial charge in [0.15, 0.2) is 5.13 Å². The van der Waals surface area contributed by atoms with Crippen LogP contribution in [0.25, 0.3) is 16.0 Å². The standard InChI is InChI=1S/C27H22N2O5S/c1-14-7-8-15(2)19(11-14)24(31)22-23(16-5-4-6-17(30)12-16)29(26(33)25(22)32)27-28-20-10-9-18(34-3)13-21(20)35-27/h4-13,23,30-31H,1-3H3/b24-22+. The second-order valence-electron chi connectivity index (χ2n) is 8.41. The van der Waals surface area contributed by atoms with E-state index in [1.807, 2.05) is 32.0 Å².